The number of aryl methyl sites for hydroxylation is 2. The number of nitrogens with zero attached hydrogens (tertiary/aromatic N) is 4. The number of rotatable bonds is 4. The molecular weight excluding hydrogens is 372 g/mol. The second kappa shape index (κ2) is 7.62. The van der Waals surface area contributed by atoms with Gasteiger partial charge in [-0.1, -0.05) is 6.92 Å². The van der Waals surface area contributed by atoms with E-state index < -0.39 is 0 Å². The van der Waals surface area contributed by atoms with Crippen LogP contribution in [-0.4, -0.2) is 51.2 Å². The number of amides is 2. The third-order valence-corrected chi connectivity index (χ3v) is 6.79. The van der Waals surface area contributed by atoms with Gasteiger partial charge in [-0.3, -0.25) is 14.6 Å². The van der Waals surface area contributed by atoms with Crippen molar-refractivity contribution in [1.82, 2.24) is 19.8 Å². The molecule has 7 heteroatoms. The van der Waals surface area contributed by atoms with Crippen LogP contribution in [0.25, 0.3) is 0 Å². The molecule has 4 heterocycles. The van der Waals surface area contributed by atoms with Gasteiger partial charge in [0.2, 0.25) is 5.91 Å². The van der Waals surface area contributed by atoms with E-state index in [1.54, 1.807) is 17.5 Å². The molecule has 0 aromatic carbocycles. The molecule has 2 saturated heterocycles. The van der Waals surface area contributed by atoms with E-state index in [0.29, 0.717) is 31.6 Å². The quantitative estimate of drug-likeness (QED) is 0.794. The molecule has 2 aromatic heterocycles. The van der Waals surface area contributed by atoms with Gasteiger partial charge in [0.1, 0.15) is 0 Å². The maximum Gasteiger partial charge on any atom is 0.255 e. The van der Waals surface area contributed by atoms with Gasteiger partial charge in [-0.2, -0.15) is 0 Å². The van der Waals surface area contributed by atoms with E-state index in [9.17, 15) is 9.59 Å². The molecule has 6 nitrogen and oxygen atoms in total. The van der Waals surface area contributed by atoms with Crippen molar-refractivity contribution in [2.75, 3.05) is 19.6 Å². The fourth-order valence-electron chi connectivity index (χ4n) is 4.26. The Morgan fingerprint density at radius 2 is 2.04 bits per heavy atom. The lowest BCUT2D eigenvalue weighted by atomic mass is 9.77. The number of carbonyl (C=O) groups excluding carboxylic acids is 2. The van der Waals surface area contributed by atoms with E-state index in [4.69, 9.17) is 0 Å². The number of hydrogen-bond acceptors (Lipinski definition) is 5. The Labute approximate surface area is 169 Å². The topological polar surface area (TPSA) is 66.4 Å². The van der Waals surface area contributed by atoms with Crippen LogP contribution in [0, 0.1) is 12.3 Å². The summed E-state index contributed by atoms with van der Waals surface area (Å²) in [5.41, 5.74) is 2.62. The Hall–Kier alpha value is -2.28. The number of carbonyl (C=O) groups is 2. The van der Waals surface area contributed by atoms with Crippen molar-refractivity contribution < 1.29 is 9.59 Å². The van der Waals surface area contributed by atoms with Crippen molar-refractivity contribution >= 4 is 23.2 Å². The van der Waals surface area contributed by atoms with E-state index in [1.165, 1.54) is 0 Å². The summed E-state index contributed by atoms with van der Waals surface area (Å²) < 4.78 is 0. The van der Waals surface area contributed by atoms with Crippen LogP contribution in [0.1, 0.15) is 52.9 Å². The Morgan fingerprint density at radius 3 is 2.64 bits per heavy atom. The summed E-state index contributed by atoms with van der Waals surface area (Å²) in [4.78, 5) is 38.0. The van der Waals surface area contributed by atoms with Crippen molar-refractivity contribution in [3.05, 3.63) is 45.7 Å². The molecule has 148 valence electrons. The highest BCUT2D eigenvalue weighted by Gasteiger charge is 2.45. The molecule has 1 spiro atoms. The zero-order valence-corrected chi connectivity index (χ0v) is 17.3. The minimum absolute atomic E-state index is 0.00322. The second-order valence-corrected chi connectivity index (χ2v) is 9.03. The molecule has 2 aliphatic rings. The average molecular weight is 399 g/mol. The lowest BCUT2D eigenvalue weighted by Gasteiger charge is -2.38. The van der Waals surface area contributed by atoms with Gasteiger partial charge in [0.25, 0.3) is 5.91 Å². The number of aromatic nitrogens is 2. The molecule has 4 rings (SSSR count). The largest absolute Gasteiger partial charge is 0.339 e. The molecule has 2 fully saturated rings. The molecule has 2 amide bonds. The van der Waals surface area contributed by atoms with Gasteiger partial charge >= 0.3 is 0 Å². The molecule has 0 saturated carbocycles. The fourth-order valence-corrected chi connectivity index (χ4v) is 4.87. The van der Waals surface area contributed by atoms with Gasteiger partial charge in [-0.15, -0.1) is 11.3 Å². The first-order valence-corrected chi connectivity index (χ1v) is 10.8. The van der Waals surface area contributed by atoms with Crippen molar-refractivity contribution in [3.8, 4) is 0 Å². The number of pyridine rings is 1. The smallest absolute Gasteiger partial charge is 0.255 e. The third kappa shape index (κ3) is 3.81. The zero-order valence-electron chi connectivity index (χ0n) is 16.5. The van der Waals surface area contributed by atoms with E-state index in [0.717, 1.165) is 42.2 Å². The normalized spacial score (nSPS) is 18.9. The first-order valence-electron chi connectivity index (χ1n) is 9.91. The summed E-state index contributed by atoms with van der Waals surface area (Å²) in [6.45, 7) is 6.81. The highest BCUT2D eigenvalue weighted by molar-refractivity contribution is 7.09. The summed E-state index contributed by atoms with van der Waals surface area (Å²) in [6.07, 6.45) is 4.88. The van der Waals surface area contributed by atoms with Crippen LogP contribution in [0.2, 0.25) is 0 Å². The van der Waals surface area contributed by atoms with Crippen molar-refractivity contribution in [1.29, 1.82) is 0 Å². The number of thiazole rings is 1. The number of likely N-dealkylation sites (tertiary alicyclic amines) is 2. The van der Waals surface area contributed by atoms with Gasteiger partial charge in [-0.05, 0) is 38.3 Å². The fraction of sp³-hybridized carbons (Fsp3) is 0.524. The highest BCUT2D eigenvalue weighted by Crippen LogP contribution is 2.41. The lowest BCUT2D eigenvalue weighted by Crippen LogP contribution is -2.44. The molecule has 0 radical (unpaired) electrons. The Kier molecular flexibility index (Phi) is 5.19. The van der Waals surface area contributed by atoms with Gasteiger partial charge in [0.15, 0.2) is 0 Å². The van der Waals surface area contributed by atoms with Crippen molar-refractivity contribution in [2.45, 2.75) is 46.1 Å². The summed E-state index contributed by atoms with van der Waals surface area (Å²) >= 11 is 1.62. The Balaban J connectivity index is 1.36. The van der Waals surface area contributed by atoms with Crippen LogP contribution in [0.15, 0.2) is 23.7 Å². The predicted molar refractivity (Wildman–Crippen MR) is 108 cm³/mol. The van der Waals surface area contributed by atoms with E-state index in [1.807, 2.05) is 34.2 Å². The molecule has 2 aromatic rings. The summed E-state index contributed by atoms with van der Waals surface area (Å²) in [5.74, 6) is 0.258. The standard InChI is InChI=1S/C21H26N4O2S/c1-3-17-5-4-16(11-22-17)20(27)24-8-6-21(7-9-24)10-19(26)25(14-21)12-18-13-28-15(2)23-18/h4-5,11,13H,3,6-10,12,14H2,1-2H3. The first kappa shape index (κ1) is 19.1. The van der Waals surface area contributed by atoms with Gasteiger partial charge in [-0.25, -0.2) is 4.98 Å². The average Bonchev–Trinajstić information content (AvgIpc) is 3.25. The van der Waals surface area contributed by atoms with Crippen LogP contribution >= 0.6 is 11.3 Å². The van der Waals surface area contributed by atoms with Crippen LogP contribution in [-0.2, 0) is 17.8 Å². The van der Waals surface area contributed by atoms with Gasteiger partial charge < -0.3 is 9.80 Å². The Morgan fingerprint density at radius 1 is 1.25 bits per heavy atom. The minimum atomic E-state index is 0.00322. The lowest BCUT2D eigenvalue weighted by molar-refractivity contribution is -0.128. The van der Waals surface area contributed by atoms with Crippen LogP contribution in [0.5, 0.6) is 0 Å². The molecule has 0 atom stereocenters. The highest BCUT2D eigenvalue weighted by atomic mass is 32.1. The molecular formula is C21H26N4O2S. The van der Waals surface area contributed by atoms with Crippen molar-refractivity contribution in [3.63, 3.8) is 0 Å². The first-order chi connectivity index (χ1) is 13.5. The molecule has 0 bridgehead atoms. The molecule has 0 aliphatic carbocycles. The number of hydrogen-bond donors (Lipinski definition) is 0. The zero-order chi connectivity index (χ0) is 19.7. The third-order valence-electron chi connectivity index (χ3n) is 5.97. The molecule has 28 heavy (non-hydrogen) atoms. The van der Waals surface area contributed by atoms with E-state index >= 15 is 0 Å². The van der Waals surface area contributed by atoms with Gasteiger partial charge in [0.05, 0.1) is 22.8 Å². The summed E-state index contributed by atoms with van der Waals surface area (Å²) in [6, 6.07) is 3.79. The minimum Gasteiger partial charge on any atom is -0.339 e. The number of piperidine rings is 1. The van der Waals surface area contributed by atoms with Crippen LogP contribution in [0.4, 0.5) is 0 Å². The SMILES string of the molecule is CCc1ccc(C(=O)N2CCC3(CC2)CC(=O)N(Cc2csc(C)n2)C3)cn1. The summed E-state index contributed by atoms with van der Waals surface area (Å²) in [7, 11) is 0. The molecule has 0 N–H and O–H groups in total. The Bertz CT molecular complexity index is 869. The molecule has 2 aliphatic heterocycles. The van der Waals surface area contributed by atoms with E-state index in [-0.39, 0.29) is 17.2 Å². The van der Waals surface area contributed by atoms with Crippen molar-refractivity contribution in [2.24, 2.45) is 5.41 Å². The second-order valence-electron chi connectivity index (χ2n) is 7.97. The summed E-state index contributed by atoms with van der Waals surface area (Å²) in [5, 5.41) is 3.07. The van der Waals surface area contributed by atoms with E-state index in [2.05, 4.69) is 16.9 Å². The maximum atomic E-state index is 12.8. The predicted octanol–water partition coefficient (Wildman–Crippen LogP) is 3.06. The van der Waals surface area contributed by atoms with Crippen LogP contribution in [0.3, 0.4) is 0 Å². The van der Waals surface area contributed by atoms with Gasteiger partial charge in [0, 0.05) is 48.7 Å². The monoisotopic (exact) mass is 398 g/mol. The maximum absolute atomic E-state index is 12.8. The van der Waals surface area contributed by atoms with Crippen LogP contribution < -0.4 is 0 Å². The molecule has 0 unspecified atom stereocenters.